The van der Waals surface area contributed by atoms with Crippen LogP contribution in [0.4, 0.5) is 0 Å². The number of carbonyl (C=O) groups is 2. The molecule has 1 fully saturated rings. The summed E-state index contributed by atoms with van der Waals surface area (Å²) >= 11 is 0. The Morgan fingerprint density at radius 3 is 2.47 bits per heavy atom. The Kier molecular flexibility index (Phi) is 3.01. The van der Waals surface area contributed by atoms with Gasteiger partial charge in [-0.2, -0.15) is 0 Å². The second kappa shape index (κ2) is 4.32. The fraction of sp³-hybridized carbons (Fsp3) is 0.429. The first kappa shape index (κ1) is 11.8. The lowest BCUT2D eigenvalue weighted by atomic mass is 9.85. The Hall–Kier alpha value is -1.64. The first-order valence-corrected chi connectivity index (χ1v) is 5.90. The van der Waals surface area contributed by atoms with Gasteiger partial charge in [-0.1, -0.05) is 25.1 Å². The highest BCUT2D eigenvalue weighted by Gasteiger charge is 2.35. The maximum absolute atomic E-state index is 11.6. The molecule has 2 rings (SSSR count). The predicted molar refractivity (Wildman–Crippen MR) is 65.6 cm³/mol. The van der Waals surface area contributed by atoms with Crippen molar-refractivity contribution in [1.29, 1.82) is 0 Å². The second-order valence-electron chi connectivity index (χ2n) is 4.86. The monoisotopic (exact) mass is 231 g/mol. The zero-order valence-electron chi connectivity index (χ0n) is 10.4. The molecule has 3 nitrogen and oxygen atoms in total. The number of aryl methyl sites for hydroxylation is 2. The maximum Gasteiger partial charge on any atom is 0.230 e. The first-order chi connectivity index (χ1) is 7.99. The summed E-state index contributed by atoms with van der Waals surface area (Å²) in [7, 11) is 0. The third kappa shape index (κ3) is 2.23. The molecule has 1 aromatic carbocycles. The fourth-order valence-corrected chi connectivity index (χ4v) is 2.26. The predicted octanol–water partition coefficient (Wildman–Crippen LogP) is 2.07. The van der Waals surface area contributed by atoms with E-state index in [-0.39, 0.29) is 23.7 Å². The fourth-order valence-electron chi connectivity index (χ4n) is 2.26. The van der Waals surface area contributed by atoms with Crippen molar-refractivity contribution in [3.63, 3.8) is 0 Å². The van der Waals surface area contributed by atoms with Crippen LogP contribution in [-0.2, 0) is 9.59 Å². The van der Waals surface area contributed by atoms with Crippen LogP contribution in [0.15, 0.2) is 18.2 Å². The standard InChI is InChI=1S/C14H17NO2/c1-8-4-5-11(6-9(8)2)10(3)12-7-13(16)15-14(12)17/h4-6,10,12H,7H2,1-3H3,(H,15,16,17). The van der Waals surface area contributed by atoms with E-state index in [0.29, 0.717) is 6.42 Å². The van der Waals surface area contributed by atoms with Crippen LogP contribution in [0.25, 0.3) is 0 Å². The van der Waals surface area contributed by atoms with Gasteiger partial charge in [-0.25, -0.2) is 0 Å². The lowest BCUT2D eigenvalue weighted by Gasteiger charge is -2.17. The SMILES string of the molecule is Cc1ccc(C(C)C2CC(=O)NC2=O)cc1C. The van der Waals surface area contributed by atoms with E-state index in [0.717, 1.165) is 5.56 Å². The smallest absolute Gasteiger partial charge is 0.230 e. The number of hydrogen-bond donors (Lipinski definition) is 1. The number of benzene rings is 1. The van der Waals surface area contributed by atoms with Crippen molar-refractivity contribution in [2.75, 3.05) is 0 Å². The molecule has 0 radical (unpaired) electrons. The van der Waals surface area contributed by atoms with Crippen molar-refractivity contribution >= 4 is 11.8 Å². The number of nitrogens with one attached hydrogen (secondary N) is 1. The molecule has 3 heteroatoms. The molecule has 90 valence electrons. The van der Waals surface area contributed by atoms with Crippen LogP contribution in [0.3, 0.4) is 0 Å². The molecular weight excluding hydrogens is 214 g/mol. The van der Waals surface area contributed by atoms with Crippen molar-refractivity contribution in [3.8, 4) is 0 Å². The summed E-state index contributed by atoms with van der Waals surface area (Å²) in [5.41, 5.74) is 3.59. The van der Waals surface area contributed by atoms with Crippen molar-refractivity contribution < 1.29 is 9.59 Å². The highest BCUT2D eigenvalue weighted by molar-refractivity contribution is 6.03. The molecule has 2 unspecified atom stereocenters. The molecule has 2 atom stereocenters. The molecule has 0 aromatic heterocycles. The van der Waals surface area contributed by atoms with Crippen LogP contribution in [0, 0.1) is 19.8 Å². The van der Waals surface area contributed by atoms with Crippen LogP contribution in [0.2, 0.25) is 0 Å². The highest BCUT2D eigenvalue weighted by atomic mass is 16.2. The van der Waals surface area contributed by atoms with Crippen LogP contribution >= 0.6 is 0 Å². The molecule has 1 aliphatic heterocycles. The summed E-state index contributed by atoms with van der Waals surface area (Å²) in [5, 5.41) is 2.37. The van der Waals surface area contributed by atoms with Crippen LogP contribution in [0.1, 0.15) is 36.0 Å². The molecule has 0 bridgehead atoms. The molecule has 17 heavy (non-hydrogen) atoms. The third-order valence-corrected chi connectivity index (χ3v) is 3.66. The van der Waals surface area contributed by atoms with Gasteiger partial charge in [0.2, 0.25) is 11.8 Å². The average molecular weight is 231 g/mol. The molecular formula is C14H17NO2. The summed E-state index contributed by atoms with van der Waals surface area (Å²) in [5.74, 6) is -0.429. The Balaban J connectivity index is 2.25. The van der Waals surface area contributed by atoms with Gasteiger partial charge in [-0.3, -0.25) is 14.9 Å². The first-order valence-electron chi connectivity index (χ1n) is 5.90. The van der Waals surface area contributed by atoms with Gasteiger partial charge in [0.1, 0.15) is 0 Å². The minimum absolute atomic E-state index is 0.0840. The quantitative estimate of drug-likeness (QED) is 0.792. The van der Waals surface area contributed by atoms with E-state index in [1.807, 2.05) is 13.0 Å². The minimum atomic E-state index is -0.218. The van der Waals surface area contributed by atoms with E-state index in [1.54, 1.807) is 0 Å². The summed E-state index contributed by atoms with van der Waals surface area (Å²) < 4.78 is 0. The third-order valence-electron chi connectivity index (χ3n) is 3.66. The van der Waals surface area contributed by atoms with E-state index in [1.165, 1.54) is 11.1 Å². The molecule has 0 spiro atoms. The average Bonchev–Trinajstić information content (AvgIpc) is 2.61. The second-order valence-corrected chi connectivity index (χ2v) is 4.86. The lowest BCUT2D eigenvalue weighted by Crippen LogP contribution is -2.24. The van der Waals surface area contributed by atoms with Gasteiger partial charge < -0.3 is 0 Å². The molecule has 2 amide bonds. The summed E-state index contributed by atoms with van der Waals surface area (Å²) in [6.45, 7) is 6.13. The van der Waals surface area contributed by atoms with Crippen molar-refractivity contribution in [2.45, 2.75) is 33.1 Å². The summed E-state index contributed by atoms with van der Waals surface area (Å²) in [4.78, 5) is 22.8. The number of rotatable bonds is 2. The van der Waals surface area contributed by atoms with Gasteiger partial charge in [-0.15, -0.1) is 0 Å². The molecule has 1 heterocycles. The van der Waals surface area contributed by atoms with E-state index in [9.17, 15) is 9.59 Å². The van der Waals surface area contributed by atoms with Gasteiger partial charge in [0.25, 0.3) is 0 Å². The van der Waals surface area contributed by atoms with Crippen LogP contribution in [0.5, 0.6) is 0 Å². The van der Waals surface area contributed by atoms with Gasteiger partial charge in [0.05, 0.1) is 5.92 Å². The topological polar surface area (TPSA) is 46.2 Å². The van der Waals surface area contributed by atoms with E-state index in [2.05, 4.69) is 31.3 Å². The van der Waals surface area contributed by atoms with E-state index >= 15 is 0 Å². The number of amides is 2. The minimum Gasteiger partial charge on any atom is -0.296 e. The summed E-state index contributed by atoms with van der Waals surface area (Å²) in [6.07, 6.45) is 0.312. The Bertz CT molecular complexity index is 479. The van der Waals surface area contributed by atoms with E-state index < -0.39 is 0 Å². The number of imide groups is 1. The molecule has 1 aliphatic rings. The van der Waals surface area contributed by atoms with Gasteiger partial charge in [-0.05, 0) is 36.5 Å². The molecule has 0 saturated carbocycles. The van der Waals surface area contributed by atoms with Crippen molar-refractivity contribution in [3.05, 3.63) is 34.9 Å². The molecule has 1 saturated heterocycles. The molecule has 1 N–H and O–H groups in total. The zero-order chi connectivity index (χ0) is 12.6. The van der Waals surface area contributed by atoms with Crippen LogP contribution in [-0.4, -0.2) is 11.8 Å². The van der Waals surface area contributed by atoms with Crippen LogP contribution < -0.4 is 5.32 Å². The van der Waals surface area contributed by atoms with E-state index in [4.69, 9.17) is 0 Å². The van der Waals surface area contributed by atoms with Crippen molar-refractivity contribution in [2.24, 2.45) is 5.92 Å². The van der Waals surface area contributed by atoms with Gasteiger partial charge >= 0.3 is 0 Å². The Morgan fingerprint density at radius 1 is 1.24 bits per heavy atom. The van der Waals surface area contributed by atoms with Crippen molar-refractivity contribution in [1.82, 2.24) is 5.32 Å². The number of hydrogen-bond acceptors (Lipinski definition) is 2. The normalized spacial score (nSPS) is 21.5. The van der Waals surface area contributed by atoms with Gasteiger partial charge in [0, 0.05) is 6.42 Å². The summed E-state index contributed by atoms with van der Waals surface area (Å²) in [6, 6.07) is 6.22. The lowest BCUT2D eigenvalue weighted by molar-refractivity contribution is -0.126. The molecule has 0 aliphatic carbocycles. The Labute approximate surface area is 101 Å². The largest absolute Gasteiger partial charge is 0.296 e. The number of carbonyl (C=O) groups excluding carboxylic acids is 2. The highest BCUT2D eigenvalue weighted by Crippen LogP contribution is 2.30. The Morgan fingerprint density at radius 2 is 1.94 bits per heavy atom. The zero-order valence-corrected chi connectivity index (χ0v) is 10.4. The van der Waals surface area contributed by atoms with Gasteiger partial charge in [0.15, 0.2) is 0 Å². The molecule has 1 aromatic rings. The maximum atomic E-state index is 11.6.